The number of carbonyl (C=O) groups is 1. The minimum absolute atomic E-state index is 0. The molecule has 27 heavy (non-hydrogen) atoms. The van der Waals surface area contributed by atoms with Crippen LogP contribution in [0.2, 0.25) is 0 Å². The van der Waals surface area contributed by atoms with Gasteiger partial charge in [-0.15, -0.1) is 24.0 Å². The van der Waals surface area contributed by atoms with Gasteiger partial charge in [0.25, 0.3) is 5.91 Å². The van der Waals surface area contributed by atoms with Crippen LogP contribution in [0, 0.1) is 0 Å². The molecule has 6 nitrogen and oxygen atoms in total. The first-order valence-electron chi connectivity index (χ1n) is 9.74. The van der Waals surface area contributed by atoms with Gasteiger partial charge in [-0.05, 0) is 50.3 Å². The van der Waals surface area contributed by atoms with Crippen LogP contribution in [-0.2, 0) is 11.2 Å². The van der Waals surface area contributed by atoms with E-state index in [0.717, 1.165) is 63.4 Å². The molecule has 1 fully saturated rings. The lowest BCUT2D eigenvalue weighted by Gasteiger charge is -2.11. The van der Waals surface area contributed by atoms with Crippen molar-refractivity contribution < 1.29 is 9.53 Å². The molecule has 1 saturated carbocycles. The van der Waals surface area contributed by atoms with Crippen LogP contribution in [0.1, 0.15) is 45.1 Å². The molecule has 0 spiro atoms. The van der Waals surface area contributed by atoms with Gasteiger partial charge >= 0.3 is 0 Å². The predicted octanol–water partition coefficient (Wildman–Crippen LogP) is 2.86. The summed E-state index contributed by atoms with van der Waals surface area (Å²) in [6, 6.07) is 8.28. The van der Waals surface area contributed by atoms with Crippen LogP contribution in [0.25, 0.3) is 0 Å². The number of unbranched alkanes of at least 4 members (excludes halogenated alkanes) is 1. The molecule has 0 saturated heterocycles. The first kappa shape index (κ1) is 23.5. The van der Waals surface area contributed by atoms with Crippen LogP contribution < -0.4 is 20.7 Å². The lowest BCUT2D eigenvalue weighted by atomic mass is 10.1. The summed E-state index contributed by atoms with van der Waals surface area (Å²) in [6.45, 7) is 6.85. The Morgan fingerprint density at radius 2 is 1.93 bits per heavy atom. The van der Waals surface area contributed by atoms with E-state index in [1.54, 1.807) is 0 Å². The number of rotatable bonds is 11. The number of amides is 1. The molecule has 0 atom stereocenters. The summed E-state index contributed by atoms with van der Waals surface area (Å²) < 4.78 is 5.52. The second-order valence-electron chi connectivity index (χ2n) is 6.57. The monoisotopic (exact) mass is 488 g/mol. The standard InChI is InChI=1S/C20H32N4O2.HI/c1-3-5-13-22-20(21-4-2)23-14-12-16-6-10-18(11-7-16)26-15-19(25)24-17-8-9-17;/h6-7,10-11,17H,3-5,8-9,12-15H2,1-2H3,(H,24,25)(H2,21,22,23);1H. The van der Waals surface area contributed by atoms with Crippen molar-refractivity contribution in [3.63, 3.8) is 0 Å². The molecule has 0 aromatic heterocycles. The summed E-state index contributed by atoms with van der Waals surface area (Å²) in [4.78, 5) is 16.2. The van der Waals surface area contributed by atoms with E-state index in [2.05, 4.69) is 34.8 Å². The number of halogens is 1. The summed E-state index contributed by atoms with van der Waals surface area (Å²) in [5.41, 5.74) is 1.22. The summed E-state index contributed by atoms with van der Waals surface area (Å²) in [6.07, 6.45) is 5.34. The molecular formula is C20H33IN4O2. The van der Waals surface area contributed by atoms with Gasteiger partial charge in [0.1, 0.15) is 5.75 Å². The van der Waals surface area contributed by atoms with Gasteiger partial charge in [0.2, 0.25) is 0 Å². The van der Waals surface area contributed by atoms with Crippen molar-refractivity contribution in [2.24, 2.45) is 4.99 Å². The van der Waals surface area contributed by atoms with Gasteiger partial charge in [-0.25, -0.2) is 0 Å². The number of hydrogen-bond acceptors (Lipinski definition) is 3. The average Bonchev–Trinajstić information content (AvgIpc) is 3.45. The molecule has 0 heterocycles. The van der Waals surface area contributed by atoms with Gasteiger partial charge in [-0.2, -0.15) is 0 Å². The van der Waals surface area contributed by atoms with Crippen molar-refractivity contribution in [3.05, 3.63) is 29.8 Å². The number of carbonyl (C=O) groups excluding carboxylic acids is 1. The molecule has 2 rings (SSSR count). The van der Waals surface area contributed by atoms with Crippen molar-refractivity contribution in [3.8, 4) is 5.75 Å². The summed E-state index contributed by atoms with van der Waals surface area (Å²) >= 11 is 0. The first-order valence-corrected chi connectivity index (χ1v) is 9.74. The summed E-state index contributed by atoms with van der Waals surface area (Å²) in [5, 5.41) is 9.54. The topological polar surface area (TPSA) is 74.8 Å². The van der Waals surface area contributed by atoms with Crippen LogP contribution in [0.3, 0.4) is 0 Å². The Morgan fingerprint density at radius 3 is 2.56 bits per heavy atom. The van der Waals surface area contributed by atoms with Gasteiger partial charge in [-0.3, -0.25) is 9.79 Å². The molecule has 1 aromatic carbocycles. The van der Waals surface area contributed by atoms with E-state index in [4.69, 9.17) is 4.74 Å². The minimum atomic E-state index is -0.0425. The molecule has 0 bridgehead atoms. The smallest absolute Gasteiger partial charge is 0.258 e. The van der Waals surface area contributed by atoms with E-state index in [9.17, 15) is 4.79 Å². The lowest BCUT2D eigenvalue weighted by Crippen LogP contribution is -2.38. The number of nitrogens with zero attached hydrogens (tertiary/aromatic N) is 1. The number of aliphatic imine (C=N–C) groups is 1. The highest BCUT2D eigenvalue weighted by molar-refractivity contribution is 14.0. The predicted molar refractivity (Wildman–Crippen MR) is 121 cm³/mol. The van der Waals surface area contributed by atoms with Crippen LogP contribution in [0.15, 0.2) is 29.3 Å². The van der Waals surface area contributed by atoms with Crippen molar-refractivity contribution >= 4 is 35.8 Å². The zero-order valence-electron chi connectivity index (χ0n) is 16.4. The lowest BCUT2D eigenvalue weighted by molar-refractivity contribution is -0.123. The molecule has 1 amide bonds. The molecule has 1 aromatic rings. The molecule has 0 unspecified atom stereocenters. The van der Waals surface area contributed by atoms with Gasteiger partial charge in [0.15, 0.2) is 12.6 Å². The maximum absolute atomic E-state index is 11.6. The Kier molecular flexibility index (Phi) is 11.9. The van der Waals surface area contributed by atoms with Crippen LogP contribution in [-0.4, -0.2) is 44.1 Å². The van der Waals surface area contributed by atoms with E-state index in [1.165, 1.54) is 5.56 Å². The van der Waals surface area contributed by atoms with Gasteiger partial charge in [-0.1, -0.05) is 25.5 Å². The second-order valence-corrected chi connectivity index (χ2v) is 6.57. The summed E-state index contributed by atoms with van der Waals surface area (Å²) in [5.74, 6) is 1.56. The highest BCUT2D eigenvalue weighted by Gasteiger charge is 2.23. The Labute approximate surface area is 179 Å². The average molecular weight is 488 g/mol. The molecule has 1 aliphatic carbocycles. The van der Waals surface area contributed by atoms with Gasteiger partial charge in [0, 0.05) is 25.7 Å². The van der Waals surface area contributed by atoms with E-state index < -0.39 is 0 Å². The number of hydrogen-bond donors (Lipinski definition) is 3. The van der Waals surface area contributed by atoms with E-state index in [0.29, 0.717) is 6.04 Å². The third kappa shape index (κ3) is 10.4. The molecule has 152 valence electrons. The zero-order chi connectivity index (χ0) is 18.6. The maximum atomic E-state index is 11.6. The fourth-order valence-corrected chi connectivity index (χ4v) is 2.41. The normalized spacial score (nSPS) is 13.5. The molecule has 0 aliphatic heterocycles. The Bertz CT molecular complexity index is 574. The minimum Gasteiger partial charge on any atom is -0.484 e. The van der Waals surface area contributed by atoms with E-state index in [-0.39, 0.29) is 36.5 Å². The Balaban J connectivity index is 0.00000364. The van der Waals surface area contributed by atoms with Gasteiger partial charge < -0.3 is 20.7 Å². The van der Waals surface area contributed by atoms with E-state index >= 15 is 0 Å². The van der Waals surface area contributed by atoms with Crippen LogP contribution >= 0.6 is 24.0 Å². The Morgan fingerprint density at radius 1 is 1.19 bits per heavy atom. The quantitative estimate of drug-likeness (QED) is 0.194. The largest absolute Gasteiger partial charge is 0.484 e. The van der Waals surface area contributed by atoms with Crippen LogP contribution in [0.4, 0.5) is 0 Å². The fourth-order valence-electron chi connectivity index (χ4n) is 2.41. The molecule has 1 aliphatic rings. The molecule has 0 radical (unpaired) electrons. The van der Waals surface area contributed by atoms with Crippen molar-refractivity contribution in [2.45, 2.75) is 52.0 Å². The number of ether oxygens (including phenoxy) is 1. The second kappa shape index (κ2) is 13.6. The first-order chi connectivity index (χ1) is 12.7. The highest BCUT2D eigenvalue weighted by Crippen LogP contribution is 2.18. The third-order valence-corrected chi connectivity index (χ3v) is 4.07. The zero-order valence-corrected chi connectivity index (χ0v) is 18.8. The third-order valence-electron chi connectivity index (χ3n) is 4.07. The van der Waals surface area contributed by atoms with Crippen molar-refractivity contribution in [2.75, 3.05) is 26.2 Å². The fraction of sp³-hybridized carbons (Fsp3) is 0.600. The maximum Gasteiger partial charge on any atom is 0.258 e. The number of nitrogens with one attached hydrogen (secondary N) is 3. The van der Waals surface area contributed by atoms with E-state index in [1.807, 2.05) is 24.3 Å². The molecule has 3 N–H and O–H groups in total. The molecule has 7 heteroatoms. The highest BCUT2D eigenvalue weighted by atomic mass is 127. The number of benzene rings is 1. The van der Waals surface area contributed by atoms with Gasteiger partial charge in [0.05, 0.1) is 0 Å². The van der Waals surface area contributed by atoms with Crippen LogP contribution in [0.5, 0.6) is 5.75 Å². The molecular weight excluding hydrogens is 455 g/mol. The number of guanidine groups is 1. The van der Waals surface area contributed by atoms with Crippen molar-refractivity contribution in [1.82, 2.24) is 16.0 Å². The van der Waals surface area contributed by atoms with Crippen molar-refractivity contribution in [1.29, 1.82) is 0 Å². The summed E-state index contributed by atoms with van der Waals surface area (Å²) in [7, 11) is 0. The Hall–Kier alpha value is -1.51. The SMILES string of the molecule is CCCCN=C(NCC)NCCc1ccc(OCC(=O)NC2CC2)cc1.I.